The van der Waals surface area contributed by atoms with Gasteiger partial charge in [0.1, 0.15) is 5.60 Å². The molecule has 4 rings (SSSR count). The van der Waals surface area contributed by atoms with E-state index in [1.165, 1.54) is 24.2 Å². The summed E-state index contributed by atoms with van der Waals surface area (Å²) >= 11 is 0. The van der Waals surface area contributed by atoms with Crippen molar-refractivity contribution >= 4 is 11.8 Å². The quantitative estimate of drug-likeness (QED) is 0.657. The molecule has 0 aliphatic carbocycles. The third-order valence-corrected chi connectivity index (χ3v) is 6.41. The molecule has 2 amide bonds. The monoisotopic (exact) mass is 363 g/mol. The number of likely N-dealkylation sites (tertiary alicyclic amines) is 2. The van der Waals surface area contributed by atoms with E-state index in [1.807, 2.05) is 17.1 Å². The minimum absolute atomic E-state index is 0.0459. The van der Waals surface area contributed by atoms with Crippen LogP contribution in [0, 0.1) is 11.8 Å². The highest BCUT2D eigenvalue weighted by Crippen LogP contribution is 2.52. The molecular weight excluding hydrogens is 334 g/mol. The van der Waals surface area contributed by atoms with E-state index >= 15 is 0 Å². The van der Waals surface area contributed by atoms with Gasteiger partial charge in [0, 0.05) is 26.7 Å². The Kier molecular flexibility index (Phi) is 4.79. The molecule has 4 aliphatic heterocycles. The van der Waals surface area contributed by atoms with Gasteiger partial charge in [0.05, 0.1) is 31.1 Å². The molecule has 0 radical (unpaired) electrons. The van der Waals surface area contributed by atoms with Crippen molar-refractivity contribution in [1.29, 1.82) is 0 Å². The minimum atomic E-state index is -0.635. The first-order valence-corrected chi connectivity index (χ1v) is 9.80. The van der Waals surface area contributed by atoms with E-state index in [-0.39, 0.29) is 31.1 Å². The first-order valence-electron chi connectivity index (χ1n) is 9.80. The van der Waals surface area contributed by atoms with Crippen molar-refractivity contribution in [1.82, 2.24) is 14.7 Å². The number of nitrogens with zero attached hydrogens (tertiary/aromatic N) is 3. The Morgan fingerprint density at radius 3 is 2.85 bits per heavy atom. The summed E-state index contributed by atoms with van der Waals surface area (Å²) in [7, 11) is 1.68. The summed E-state index contributed by atoms with van der Waals surface area (Å²) in [5, 5.41) is 9.12. The summed E-state index contributed by atoms with van der Waals surface area (Å²) in [5.41, 5.74) is -0.635. The first-order chi connectivity index (χ1) is 12.6. The van der Waals surface area contributed by atoms with Crippen molar-refractivity contribution in [2.75, 3.05) is 52.9 Å². The number of hydrogen-bond acceptors (Lipinski definition) is 5. The topological polar surface area (TPSA) is 73.3 Å². The second-order valence-electron chi connectivity index (χ2n) is 8.05. The average Bonchev–Trinajstić information content (AvgIpc) is 3.29. The molecule has 4 heterocycles. The standard InChI is InChI=1S/C19H29N3O4/c1-20(11-12-23)17(24)15-14-5-6-19(26-14)13-22(18(25)16(15)19)10-9-21-7-3-2-4-8-21/h5-6,14-16,23H,2-4,7-13H2,1H3/t14-,15+,16-,19-/m0/s1. The van der Waals surface area contributed by atoms with E-state index in [4.69, 9.17) is 9.84 Å². The van der Waals surface area contributed by atoms with Crippen molar-refractivity contribution in [3.8, 4) is 0 Å². The maximum Gasteiger partial charge on any atom is 0.230 e. The maximum absolute atomic E-state index is 13.1. The van der Waals surface area contributed by atoms with Gasteiger partial charge in [-0.05, 0) is 25.9 Å². The van der Waals surface area contributed by atoms with Crippen molar-refractivity contribution in [2.24, 2.45) is 11.8 Å². The number of likely N-dealkylation sites (N-methyl/N-ethyl adjacent to an activating group) is 1. The Morgan fingerprint density at radius 1 is 1.35 bits per heavy atom. The van der Waals surface area contributed by atoms with Crippen LogP contribution in [0.3, 0.4) is 0 Å². The predicted octanol–water partition coefficient (Wildman–Crippen LogP) is -0.295. The van der Waals surface area contributed by atoms with Crippen LogP contribution in [0.15, 0.2) is 12.2 Å². The third-order valence-electron chi connectivity index (χ3n) is 6.41. The number of aliphatic hydroxyl groups is 1. The molecule has 3 saturated heterocycles. The molecule has 0 unspecified atom stereocenters. The molecule has 0 aromatic carbocycles. The van der Waals surface area contributed by atoms with Gasteiger partial charge in [0.15, 0.2) is 0 Å². The predicted molar refractivity (Wildman–Crippen MR) is 95.3 cm³/mol. The Bertz CT molecular complexity index is 604. The van der Waals surface area contributed by atoms with Gasteiger partial charge in [0.2, 0.25) is 11.8 Å². The largest absolute Gasteiger partial charge is 0.395 e. The fourth-order valence-electron chi connectivity index (χ4n) is 5.01. The second-order valence-corrected chi connectivity index (χ2v) is 8.05. The molecule has 0 saturated carbocycles. The van der Waals surface area contributed by atoms with Crippen LogP contribution in [-0.4, -0.2) is 96.2 Å². The van der Waals surface area contributed by atoms with Crippen LogP contribution in [-0.2, 0) is 14.3 Å². The number of carbonyl (C=O) groups excluding carboxylic acids is 2. The number of amides is 2. The van der Waals surface area contributed by atoms with Crippen molar-refractivity contribution in [2.45, 2.75) is 31.0 Å². The van der Waals surface area contributed by atoms with Gasteiger partial charge in [-0.15, -0.1) is 0 Å². The Morgan fingerprint density at radius 2 is 2.12 bits per heavy atom. The zero-order valence-electron chi connectivity index (χ0n) is 15.5. The van der Waals surface area contributed by atoms with Crippen LogP contribution in [0.1, 0.15) is 19.3 Å². The summed E-state index contributed by atoms with van der Waals surface area (Å²) < 4.78 is 6.14. The van der Waals surface area contributed by atoms with E-state index in [0.29, 0.717) is 13.1 Å². The molecule has 2 bridgehead atoms. The van der Waals surface area contributed by atoms with Gasteiger partial charge in [-0.2, -0.15) is 0 Å². The second kappa shape index (κ2) is 6.94. The third kappa shape index (κ3) is 2.86. The number of aliphatic hydroxyl groups excluding tert-OH is 1. The molecule has 4 aliphatic rings. The molecular formula is C19H29N3O4. The number of hydrogen-bond donors (Lipinski definition) is 1. The fraction of sp³-hybridized carbons (Fsp3) is 0.789. The smallest absolute Gasteiger partial charge is 0.230 e. The zero-order chi connectivity index (χ0) is 18.3. The van der Waals surface area contributed by atoms with Crippen LogP contribution in [0.5, 0.6) is 0 Å². The number of piperidine rings is 1. The van der Waals surface area contributed by atoms with Crippen LogP contribution in [0.4, 0.5) is 0 Å². The van der Waals surface area contributed by atoms with Gasteiger partial charge in [-0.1, -0.05) is 18.6 Å². The van der Waals surface area contributed by atoms with Crippen molar-refractivity contribution in [3.63, 3.8) is 0 Å². The van der Waals surface area contributed by atoms with Crippen LogP contribution in [0.2, 0.25) is 0 Å². The summed E-state index contributed by atoms with van der Waals surface area (Å²) in [5.74, 6) is -0.951. The molecule has 1 spiro atoms. The van der Waals surface area contributed by atoms with Gasteiger partial charge in [-0.3, -0.25) is 9.59 Å². The first kappa shape index (κ1) is 17.9. The lowest BCUT2D eigenvalue weighted by atomic mass is 9.76. The van der Waals surface area contributed by atoms with E-state index in [0.717, 1.165) is 19.6 Å². The van der Waals surface area contributed by atoms with Crippen LogP contribution >= 0.6 is 0 Å². The number of ether oxygens (including phenoxy) is 1. The highest BCUT2D eigenvalue weighted by molar-refractivity contribution is 5.93. The van der Waals surface area contributed by atoms with E-state index in [9.17, 15) is 9.59 Å². The Labute approximate surface area is 154 Å². The fourth-order valence-corrected chi connectivity index (χ4v) is 5.01. The molecule has 0 aromatic heterocycles. The molecule has 144 valence electrons. The lowest BCUT2D eigenvalue weighted by Gasteiger charge is -2.29. The lowest BCUT2D eigenvalue weighted by Crippen LogP contribution is -2.45. The normalized spacial score (nSPS) is 36.0. The lowest BCUT2D eigenvalue weighted by molar-refractivity contribution is -0.142. The number of carbonyl (C=O) groups is 2. The number of rotatable bonds is 6. The van der Waals surface area contributed by atoms with Gasteiger partial charge >= 0.3 is 0 Å². The molecule has 1 N–H and O–H groups in total. The average molecular weight is 363 g/mol. The molecule has 7 heteroatoms. The zero-order valence-corrected chi connectivity index (χ0v) is 15.5. The van der Waals surface area contributed by atoms with Gasteiger partial charge in [-0.25, -0.2) is 0 Å². The van der Waals surface area contributed by atoms with Crippen LogP contribution < -0.4 is 0 Å². The highest BCUT2D eigenvalue weighted by Gasteiger charge is 2.66. The molecule has 0 aromatic rings. The number of fused-ring (bicyclic) bond motifs is 1. The summed E-state index contributed by atoms with van der Waals surface area (Å²) in [6, 6.07) is 0. The SMILES string of the molecule is CN(CCO)C(=O)[C@@H]1[C@@H]2C=C[C@@]3(CN(CCN4CCCCC4)C(=O)[C@H]13)O2. The van der Waals surface area contributed by atoms with Gasteiger partial charge in [0.25, 0.3) is 0 Å². The molecule has 7 nitrogen and oxygen atoms in total. The summed E-state index contributed by atoms with van der Waals surface area (Å²) in [6.45, 7) is 4.56. The summed E-state index contributed by atoms with van der Waals surface area (Å²) in [6.07, 6.45) is 7.39. The maximum atomic E-state index is 13.1. The van der Waals surface area contributed by atoms with Crippen molar-refractivity contribution in [3.05, 3.63) is 12.2 Å². The van der Waals surface area contributed by atoms with E-state index in [2.05, 4.69) is 4.90 Å². The molecule has 4 atom stereocenters. The van der Waals surface area contributed by atoms with E-state index < -0.39 is 17.4 Å². The highest BCUT2D eigenvalue weighted by atomic mass is 16.5. The van der Waals surface area contributed by atoms with Gasteiger partial charge < -0.3 is 24.5 Å². The molecule has 3 fully saturated rings. The van der Waals surface area contributed by atoms with Crippen molar-refractivity contribution < 1.29 is 19.4 Å². The minimum Gasteiger partial charge on any atom is -0.395 e. The van der Waals surface area contributed by atoms with E-state index in [1.54, 1.807) is 7.05 Å². The molecule has 26 heavy (non-hydrogen) atoms. The van der Waals surface area contributed by atoms with Crippen LogP contribution in [0.25, 0.3) is 0 Å². The summed E-state index contributed by atoms with van der Waals surface area (Å²) in [4.78, 5) is 31.8. The Hall–Kier alpha value is -1.44. The Balaban J connectivity index is 1.45.